The van der Waals surface area contributed by atoms with Gasteiger partial charge in [-0.25, -0.2) is 4.79 Å². The Bertz CT molecular complexity index is 949. The van der Waals surface area contributed by atoms with Crippen molar-refractivity contribution in [1.29, 1.82) is 0 Å². The molecule has 7 nitrogen and oxygen atoms in total. The van der Waals surface area contributed by atoms with Crippen LogP contribution >= 0.6 is 0 Å². The summed E-state index contributed by atoms with van der Waals surface area (Å²) in [5, 5.41) is 3.10. The second-order valence-corrected chi connectivity index (χ2v) is 8.97. The number of urea groups is 1. The first-order chi connectivity index (χ1) is 15.4. The van der Waals surface area contributed by atoms with Crippen molar-refractivity contribution in [2.45, 2.75) is 33.2 Å². The minimum atomic E-state index is -0.422. The largest absolute Gasteiger partial charge is 0.379 e. The number of nitrogens with zero attached hydrogens (tertiary/aromatic N) is 3. The molecule has 1 atom stereocenters. The van der Waals surface area contributed by atoms with Gasteiger partial charge in [-0.1, -0.05) is 18.2 Å². The van der Waals surface area contributed by atoms with Crippen LogP contribution in [0, 0.1) is 20.8 Å². The van der Waals surface area contributed by atoms with Crippen LogP contribution in [-0.2, 0) is 9.53 Å². The molecule has 0 radical (unpaired) electrons. The summed E-state index contributed by atoms with van der Waals surface area (Å²) in [6, 6.07) is 3.65. The van der Waals surface area contributed by atoms with Crippen LogP contribution in [0.3, 0.4) is 0 Å². The number of hydrogen-bond donors (Lipinski definition) is 1. The molecule has 0 spiro atoms. The lowest BCUT2D eigenvalue weighted by atomic mass is 9.90. The van der Waals surface area contributed by atoms with Gasteiger partial charge in [0, 0.05) is 32.7 Å². The summed E-state index contributed by atoms with van der Waals surface area (Å²) in [5.41, 5.74) is 5.95. The van der Waals surface area contributed by atoms with E-state index < -0.39 is 6.04 Å². The topological polar surface area (TPSA) is 65.1 Å². The van der Waals surface area contributed by atoms with Crippen molar-refractivity contribution < 1.29 is 14.3 Å². The average molecular weight is 439 g/mol. The molecule has 0 bridgehead atoms. The van der Waals surface area contributed by atoms with Gasteiger partial charge < -0.3 is 15.0 Å². The summed E-state index contributed by atoms with van der Waals surface area (Å²) in [6.07, 6.45) is 2.61. The van der Waals surface area contributed by atoms with Crippen molar-refractivity contribution in [2.75, 3.05) is 52.5 Å². The zero-order valence-corrected chi connectivity index (χ0v) is 19.4. The molecule has 32 heavy (non-hydrogen) atoms. The van der Waals surface area contributed by atoms with Crippen molar-refractivity contribution in [3.63, 3.8) is 0 Å². The third kappa shape index (κ3) is 4.32. The average Bonchev–Trinajstić information content (AvgIpc) is 3.10. The van der Waals surface area contributed by atoms with E-state index in [1.807, 2.05) is 11.8 Å². The van der Waals surface area contributed by atoms with E-state index in [0.717, 1.165) is 61.7 Å². The zero-order chi connectivity index (χ0) is 22.8. The van der Waals surface area contributed by atoms with Crippen LogP contribution in [0.5, 0.6) is 0 Å². The number of aryl methyl sites for hydroxylation is 3. The Morgan fingerprint density at radius 3 is 2.53 bits per heavy atom. The highest BCUT2D eigenvalue weighted by Crippen LogP contribution is 2.38. The smallest absolute Gasteiger partial charge is 0.322 e. The number of benzene rings is 1. The zero-order valence-electron chi connectivity index (χ0n) is 19.4. The Hall–Kier alpha value is -2.64. The molecule has 0 saturated carbocycles. The van der Waals surface area contributed by atoms with Crippen LogP contribution < -0.4 is 5.32 Å². The van der Waals surface area contributed by atoms with Crippen molar-refractivity contribution in [3.8, 4) is 0 Å². The third-order valence-corrected chi connectivity index (χ3v) is 6.81. The molecule has 172 valence electrons. The SMILES string of the molecule is C=CCN1C(=O)NC(c2cc(C)c(C)cc2C)C2=C1CN(CCCN1CCOCC1)C2=O. The molecule has 1 aromatic rings. The number of hydrogen-bond acceptors (Lipinski definition) is 4. The number of ether oxygens (including phenoxy) is 1. The van der Waals surface area contributed by atoms with Gasteiger partial charge in [0.1, 0.15) is 0 Å². The van der Waals surface area contributed by atoms with Gasteiger partial charge in [0.2, 0.25) is 0 Å². The number of rotatable bonds is 7. The fourth-order valence-corrected chi connectivity index (χ4v) is 4.89. The van der Waals surface area contributed by atoms with Crippen molar-refractivity contribution in [1.82, 2.24) is 20.0 Å². The fourth-order valence-electron chi connectivity index (χ4n) is 4.89. The maximum Gasteiger partial charge on any atom is 0.322 e. The van der Waals surface area contributed by atoms with Crippen molar-refractivity contribution >= 4 is 11.9 Å². The first kappa shape index (κ1) is 22.6. The first-order valence-electron chi connectivity index (χ1n) is 11.5. The minimum Gasteiger partial charge on any atom is -0.379 e. The van der Waals surface area contributed by atoms with E-state index in [1.54, 1.807) is 11.0 Å². The summed E-state index contributed by atoms with van der Waals surface area (Å²) in [4.78, 5) is 32.5. The molecular weight excluding hydrogens is 404 g/mol. The highest BCUT2D eigenvalue weighted by Gasteiger charge is 2.43. The molecule has 3 amide bonds. The second-order valence-electron chi connectivity index (χ2n) is 8.97. The predicted octanol–water partition coefficient (Wildman–Crippen LogP) is 2.68. The number of carbonyl (C=O) groups is 2. The van der Waals surface area contributed by atoms with E-state index in [-0.39, 0.29) is 11.9 Å². The normalized spacial score (nSPS) is 21.8. The number of amides is 3. The molecule has 7 heteroatoms. The lowest BCUT2D eigenvalue weighted by Crippen LogP contribution is -2.47. The van der Waals surface area contributed by atoms with Crippen LogP contribution in [0.2, 0.25) is 0 Å². The molecule has 0 aliphatic carbocycles. The molecule has 1 fully saturated rings. The van der Waals surface area contributed by atoms with E-state index >= 15 is 0 Å². The number of morpholine rings is 1. The maximum atomic E-state index is 13.6. The first-order valence-corrected chi connectivity index (χ1v) is 11.5. The van der Waals surface area contributed by atoms with Crippen LogP contribution in [0.1, 0.15) is 34.7 Å². The fraction of sp³-hybridized carbons (Fsp3) is 0.520. The molecule has 4 rings (SSSR count). The van der Waals surface area contributed by atoms with Crippen molar-refractivity contribution in [2.24, 2.45) is 0 Å². The summed E-state index contributed by atoms with van der Waals surface area (Å²) in [6.45, 7) is 15.9. The monoisotopic (exact) mass is 438 g/mol. The standard InChI is InChI=1S/C25H34N4O3/c1-5-7-29-21-16-28(9-6-8-27-10-12-32-13-11-27)24(30)22(21)23(26-25(29)31)20-15-18(3)17(2)14-19(20)4/h5,14-15,23H,1,6-13,16H2,2-4H3,(H,26,31). The van der Waals surface area contributed by atoms with Gasteiger partial charge >= 0.3 is 6.03 Å². The quantitative estimate of drug-likeness (QED) is 0.665. The highest BCUT2D eigenvalue weighted by molar-refractivity contribution is 6.01. The lowest BCUT2D eigenvalue weighted by molar-refractivity contribution is -0.125. The second kappa shape index (κ2) is 9.46. The Balaban J connectivity index is 1.57. The van der Waals surface area contributed by atoms with Gasteiger partial charge in [-0.3, -0.25) is 14.6 Å². The Kier molecular flexibility index (Phi) is 6.67. The van der Waals surface area contributed by atoms with Gasteiger partial charge in [0.25, 0.3) is 5.91 Å². The van der Waals surface area contributed by atoms with E-state index in [1.165, 1.54) is 5.56 Å². The van der Waals surface area contributed by atoms with Crippen LogP contribution in [-0.4, -0.2) is 79.1 Å². The Labute approximate surface area is 190 Å². The van der Waals surface area contributed by atoms with Crippen LogP contribution in [0.4, 0.5) is 4.79 Å². The Morgan fingerprint density at radius 1 is 1.09 bits per heavy atom. The Morgan fingerprint density at radius 2 is 1.81 bits per heavy atom. The summed E-state index contributed by atoms with van der Waals surface area (Å²) in [5.74, 6) is 0.0265. The molecule has 0 aromatic heterocycles. The number of nitrogens with one attached hydrogen (secondary N) is 1. The molecular formula is C25H34N4O3. The van der Waals surface area contributed by atoms with Crippen LogP contribution in [0.25, 0.3) is 0 Å². The van der Waals surface area contributed by atoms with E-state index in [4.69, 9.17) is 4.74 Å². The summed E-state index contributed by atoms with van der Waals surface area (Å²) in [7, 11) is 0. The van der Waals surface area contributed by atoms with E-state index in [0.29, 0.717) is 25.2 Å². The molecule has 1 aromatic carbocycles. The summed E-state index contributed by atoms with van der Waals surface area (Å²) < 4.78 is 5.42. The van der Waals surface area contributed by atoms with Gasteiger partial charge in [-0.2, -0.15) is 0 Å². The molecule has 3 aliphatic rings. The lowest BCUT2D eigenvalue weighted by Gasteiger charge is -2.33. The van der Waals surface area contributed by atoms with E-state index in [2.05, 4.69) is 42.8 Å². The van der Waals surface area contributed by atoms with E-state index in [9.17, 15) is 9.59 Å². The van der Waals surface area contributed by atoms with Gasteiger partial charge in [-0.15, -0.1) is 6.58 Å². The third-order valence-electron chi connectivity index (χ3n) is 6.81. The molecule has 3 heterocycles. The molecule has 1 saturated heterocycles. The van der Waals surface area contributed by atoms with Gasteiger partial charge in [-0.05, 0) is 49.4 Å². The van der Waals surface area contributed by atoms with Crippen LogP contribution in [0.15, 0.2) is 36.1 Å². The van der Waals surface area contributed by atoms with Crippen molar-refractivity contribution in [3.05, 3.63) is 58.3 Å². The predicted molar refractivity (Wildman–Crippen MR) is 124 cm³/mol. The van der Waals surface area contributed by atoms with Gasteiger partial charge in [0.15, 0.2) is 0 Å². The highest BCUT2D eigenvalue weighted by atomic mass is 16.5. The molecule has 1 unspecified atom stereocenters. The number of carbonyl (C=O) groups excluding carboxylic acids is 2. The summed E-state index contributed by atoms with van der Waals surface area (Å²) >= 11 is 0. The molecule has 3 aliphatic heterocycles. The minimum absolute atomic E-state index is 0.0265. The maximum absolute atomic E-state index is 13.6. The van der Waals surface area contributed by atoms with Gasteiger partial charge in [0.05, 0.1) is 37.1 Å². The molecule has 1 N–H and O–H groups in total.